The molecule has 0 radical (unpaired) electrons. The number of allylic oxidation sites excluding steroid dienone is 2. The van der Waals surface area contributed by atoms with Gasteiger partial charge in [-0.3, -0.25) is 0 Å². The molecular weight excluding hydrogens is 400 g/mol. The van der Waals surface area contributed by atoms with E-state index in [2.05, 4.69) is 0 Å². The van der Waals surface area contributed by atoms with Gasteiger partial charge < -0.3 is 0 Å². The number of hydrogen-bond acceptors (Lipinski definition) is 2. The van der Waals surface area contributed by atoms with Gasteiger partial charge in [0.1, 0.15) is 4.21 Å². The van der Waals surface area contributed by atoms with Gasteiger partial charge in [-0.25, -0.2) is 0 Å². The minimum absolute atomic E-state index is 0.0134. The fraction of sp³-hybridized carbons (Fsp3) is 0.636. The van der Waals surface area contributed by atoms with Crippen LogP contribution in [0.25, 0.3) is 0 Å². The smallest absolute Gasteiger partial charge is 0.188 e. The minimum Gasteiger partial charge on any atom is -0.188 e. The lowest BCUT2D eigenvalue weighted by molar-refractivity contribution is -0.330. The van der Waals surface area contributed by atoms with Gasteiger partial charge in [-0.05, 0) is 30.2 Å². The van der Waals surface area contributed by atoms with Crippen molar-refractivity contribution in [1.82, 2.24) is 0 Å². The van der Waals surface area contributed by atoms with Crippen molar-refractivity contribution in [3.8, 4) is 0 Å². The van der Waals surface area contributed by atoms with E-state index in [4.69, 9.17) is 23.2 Å². The van der Waals surface area contributed by atoms with Crippen LogP contribution < -0.4 is 0 Å². The minimum atomic E-state index is -6.38. The maximum absolute atomic E-state index is 13.4. The van der Waals surface area contributed by atoms with Gasteiger partial charge in [-0.15, -0.1) is 23.4 Å². The Morgan fingerprint density at radius 1 is 1.14 bits per heavy atom. The van der Waals surface area contributed by atoms with Crippen LogP contribution in [-0.2, 0) is 0 Å². The van der Waals surface area contributed by atoms with Gasteiger partial charge in [0.25, 0.3) is 0 Å². The van der Waals surface area contributed by atoms with Crippen molar-refractivity contribution < 1.29 is 30.7 Å². The van der Waals surface area contributed by atoms with Crippen molar-refractivity contribution >= 4 is 46.7 Å². The molecule has 0 bridgehead atoms. The maximum atomic E-state index is 13.4. The monoisotopic (exact) mass is 408 g/mol. The lowest BCUT2D eigenvalue weighted by Gasteiger charge is -2.34. The lowest BCUT2D eigenvalue weighted by atomic mass is 10.0. The first-order chi connectivity index (χ1) is 9.68. The van der Waals surface area contributed by atoms with Gasteiger partial charge in [-0.2, -0.15) is 30.7 Å². The third kappa shape index (κ3) is 3.67. The predicted molar refractivity (Wildman–Crippen MR) is 76.8 cm³/mol. The summed E-state index contributed by atoms with van der Waals surface area (Å²) in [6.45, 7) is 1.57. The largest absolute Gasteiger partial charge is 0.460 e. The molecule has 0 heterocycles. The van der Waals surface area contributed by atoms with Crippen LogP contribution in [0.2, 0.25) is 0 Å². The summed E-state index contributed by atoms with van der Waals surface area (Å²) in [6.07, 6.45) is -2.94. The topological polar surface area (TPSA) is 0 Å². The summed E-state index contributed by atoms with van der Waals surface area (Å²) in [5.74, 6) is -6.71. The highest BCUT2D eigenvalue weighted by Crippen LogP contribution is 2.56. The quantitative estimate of drug-likeness (QED) is 0.386. The van der Waals surface area contributed by atoms with E-state index >= 15 is 0 Å². The van der Waals surface area contributed by atoms with Crippen LogP contribution in [0.4, 0.5) is 30.7 Å². The number of alkyl halides is 8. The maximum Gasteiger partial charge on any atom is 0.460 e. The predicted octanol–water partition coefficient (Wildman–Crippen LogP) is 6.46. The second-order valence-corrected chi connectivity index (χ2v) is 7.95. The van der Waals surface area contributed by atoms with Crippen molar-refractivity contribution in [3.05, 3.63) is 22.1 Å². The second-order valence-electron chi connectivity index (χ2n) is 4.39. The lowest BCUT2D eigenvalue weighted by Crippen LogP contribution is -2.50. The Kier molecular flexibility index (Phi) is 5.81. The average molecular weight is 409 g/mol. The molecule has 0 nitrogen and oxygen atoms in total. The van der Waals surface area contributed by atoms with Crippen LogP contribution >= 0.6 is 46.7 Å². The zero-order valence-electron chi connectivity index (χ0n) is 11.0. The van der Waals surface area contributed by atoms with Gasteiger partial charge in [0.2, 0.25) is 0 Å². The van der Waals surface area contributed by atoms with E-state index in [-0.39, 0.29) is 5.03 Å². The highest BCUT2D eigenvalue weighted by Gasteiger charge is 2.73. The van der Waals surface area contributed by atoms with Crippen molar-refractivity contribution in [3.63, 3.8) is 0 Å². The summed E-state index contributed by atoms with van der Waals surface area (Å²) in [5.41, 5.74) is 0. The molecule has 0 aromatic rings. The SMILES string of the molecule is CSC1(Cl)C=C(SC(F)(F)C(F)(F)C(F)(F)F)C=C(Cl)C1C. The molecule has 11 heteroatoms. The standard InChI is InChI=1S/C11H9Cl2F7S2/c1-5-7(12)3-6(4-8(5,13)21-2)22-11(19,20)9(14,15)10(16,17)18/h3-5H,1-2H3. The van der Waals surface area contributed by atoms with Crippen molar-refractivity contribution in [2.45, 2.75) is 28.5 Å². The Balaban J connectivity index is 3.16. The first-order valence-corrected chi connectivity index (χ1v) is 8.33. The molecule has 0 aliphatic heterocycles. The molecular formula is C11H9Cl2F7S2. The summed E-state index contributed by atoms with van der Waals surface area (Å²) in [4.78, 5) is -0.554. The molecule has 2 atom stereocenters. The third-order valence-electron chi connectivity index (χ3n) is 2.90. The van der Waals surface area contributed by atoms with E-state index in [9.17, 15) is 30.7 Å². The summed E-state index contributed by atoms with van der Waals surface area (Å²) >= 11 is 12.0. The molecule has 0 spiro atoms. The summed E-state index contributed by atoms with van der Waals surface area (Å²) < 4.78 is 87.6. The van der Waals surface area contributed by atoms with Crippen molar-refractivity contribution in [2.75, 3.05) is 6.26 Å². The molecule has 1 aliphatic rings. The van der Waals surface area contributed by atoms with Gasteiger partial charge in [0.05, 0.1) is 0 Å². The third-order valence-corrected chi connectivity index (χ3v) is 6.32. The number of halogens is 9. The molecule has 0 amide bonds. The molecule has 0 saturated carbocycles. The fourth-order valence-corrected chi connectivity index (χ4v) is 4.03. The van der Waals surface area contributed by atoms with Gasteiger partial charge in [0.15, 0.2) is 0 Å². The molecule has 0 N–H and O–H groups in total. The van der Waals surface area contributed by atoms with Crippen LogP contribution in [0.1, 0.15) is 6.92 Å². The molecule has 0 aromatic heterocycles. The first-order valence-electron chi connectivity index (χ1n) is 5.53. The molecule has 0 fully saturated rings. The van der Waals surface area contributed by atoms with Gasteiger partial charge >= 0.3 is 17.4 Å². The zero-order chi connectivity index (χ0) is 17.6. The van der Waals surface area contributed by atoms with E-state index in [1.54, 1.807) is 6.92 Å². The number of rotatable bonds is 4. The molecule has 22 heavy (non-hydrogen) atoms. The van der Waals surface area contributed by atoms with Crippen LogP contribution in [0.3, 0.4) is 0 Å². The van der Waals surface area contributed by atoms with Crippen LogP contribution in [-0.4, -0.2) is 27.8 Å². The molecule has 1 rings (SSSR count). The Morgan fingerprint density at radius 3 is 2.05 bits per heavy atom. The average Bonchev–Trinajstić information content (AvgIpc) is 2.33. The second kappa shape index (κ2) is 6.29. The summed E-state index contributed by atoms with van der Waals surface area (Å²) in [6, 6.07) is 0. The highest BCUT2D eigenvalue weighted by molar-refractivity contribution is 8.04. The number of thioether (sulfide) groups is 2. The molecule has 0 saturated heterocycles. The molecule has 2 unspecified atom stereocenters. The van der Waals surface area contributed by atoms with Crippen molar-refractivity contribution in [2.24, 2.45) is 5.92 Å². The van der Waals surface area contributed by atoms with Gasteiger partial charge in [-0.1, -0.05) is 18.5 Å². The first kappa shape index (κ1) is 20.3. The van der Waals surface area contributed by atoms with Crippen LogP contribution in [0, 0.1) is 5.92 Å². The highest BCUT2D eigenvalue weighted by atomic mass is 35.5. The summed E-state index contributed by atoms with van der Waals surface area (Å²) in [7, 11) is 0. The van der Waals surface area contributed by atoms with E-state index in [0.717, 1.165) is 23.9 Å². The van der Waals surface area contributed by atoms with E-state index in [1.165, 1.54) is 6.26 Å². The Morgan fingerprint density at radius 2 is 1.64 bits per heavy atom. The van der Waals surface area contributed by atoms with Crippen molar-refractivity contribution in [1.29, 1.82) is 0 Å². The molecule has 0 aromatic carbocycles. The Labute approximate surface area is 140 Å². The molecule has 1 aliphatic carbocycles. The Bertz CT molecular complexity index is 501. The van der Waals surface area contributed by atoms with E-state index in [1.807, 2.05) is 0 Å². The van der Waals surface area contributed by atoms with Crippen LogP contribution in [0.5, 0.6) is 0 Å². The van der Waals surface area contributed by atoms with E-state index < -0.39 is 44.1 Å². The normalized spacial score (nSPS) is 27.5. The van der Waals surface area contributed by atoms with E-state index in [0.29, 0.717) is 0 Å². The number of hydrogen-bond donors (Lipinski definition) is 0. The summed E-state index contributed by atoms with van der Waals surface area (Å²) in [5, 5.41) is -5.41. The van der Waals surface area contributed by atoms with Gasteiger partial charge in [0, 0.05) is 15.9 Å². The molecule has 128 valence electrons. The Hall–Kier alpha value is 0.270. The zero-order valence-corrected chi connectivity index (χ0v) is 14.1. The fourth-order valence-electron chi connectivity index (χ4n) is 1.48. The van der Waals surface area contributed by atoms with Crippen LogP contribution in [0.15, 0.2) is 22.1 Å².